The predicted octanol–water partition coefficient (Wildman–Crippen LogP) is 11.2. The van der Waals surface area contributed by atoms with Crippen molar-refractivity contribution in [3.8, 4) is 44.8 Å². The molecule has 49 heavy (non-hydrogen) atoms. The monoisotopic (exact) mass is 832 g/mol. The van der Waals surface area contributed by atoms with E-state index in [1.54, 1.807) is 0 Å². The van der Waals surface area contributed by atoms with Crippen LogP contribution in [0.1, 0.15) is 9.68 Å². The summed E-state index contributed by atoms with van der Waals surface area (Å²) < 4.78 is 30.0. The first-order valence-corrected chi connectivity index (χ1v) is 19.5. The second kappa shape index (κ2) is 14.7. The number of fused-ring (bicyclic) bond motifs is 3. The van der Waals surface area contributed by atoms with Crippen molar-refractivity contribution in [2.75, 3.05) is 0 Å². The number of benzene rings is 5. The van der Waals surface area contributed by atoms with Gasteiger partial charge in [-0.15, -0.1) is 59.7 Å². The van der Waals surface area contributed by atoms with Crippen molar-refractivity contribution in [3.05, 3.63) is 164 Å². The molecule has 5 aromatic carbocycles. The van der Waals surface area contributed by atoms with Gasteiger partial charge in [0.05, 0.1) is 13.7 Å². The van der Waals surface area contributed by atoms with E-state index in [2.05, 4.69) is 78.1 Å². The van der Waals surface area contributed by atoms with Gasteiger partial charge in [0.1, 0.15) is 5.58 Å². The van der Waals surface area contributed by atoms with Crippen molar-refractivity contribution >= 4 is 35.2 Å². The molecular weight excluding hydrogens is 793 g/mol. The van der Waals surface area contributed by atoms with Crippen LogP contribution in [-0.2, 0) is 20.1 Å². The molecule has 0 amide bonds. The number of hydrogen-bond donors (Lipinski definition) is 0. The number of nitrogens with zero attached hydrogens (tertiary/aromatic N) is 2. The van der Waals surface area contributed by atoms with Gasteiger partial charge < -0.3 is 14.4 Å². The van der Waals surface area contributed by atoms with Crippen LogP contribution < -0.4 is 5.19 Å². The van der Waals surface area contributed by atoms with Crippen molar-refractivity contribution in [1.29, 1.82) is 0 Å². The van der Waals surface area contributed by atoms with Crippen LogP contribution in [-0.4, -0.2) is 18.0 Å². The van der Waals surface area contributed by atoms with E-state index in [0.717, 1.165) is 55.4 Å². The molecule has 0 unspecified atom stereocenters. The van der Waals surface area contributed by atoms with Crippen LogP contribution in [0, 0.1) is 19.0 Å². The van der Waals surface area contributed by atoms with Gasteiger partial charge in [-0.25, -0.2) is 0 Å². The zero-order valence-corrected chi connectivity index (χ0v) is 30.9. The summed E-state index contributed by atoms with van der Waals surface area (Å²) >= 11 is 0. The summed E-state index contributed by atoms with van der Waals surface area (Å²) in [4.78, 5) is 9.03. The number of aryl methyl sites for hydroxylation is 1. The van der Waals surface area contributed by atoms with Gasteiger partial charge >= 0.3 is 0 Å². The average molecular weight is 832 g/mol. The number of rotatable bonds is 5. The summed E-state index contributed by atoms with van der Waals surface area (Å²) in [6.07, 6.45) is 3.48. The molecule has 1 radical (unpaired) electrons. The Kier molecular flexibility index (Phi) is 9.03. The van der Waals surface area contributed by atoms with Gasteiger partial charge in [0, 0.05) is 42.0 Å². The number of furan rings is 1. The summed E-state index contributed by atoms with van der Waals surface area (Å²) in [6.45, 7) is 4.73. The summed E-state index contributed by atoms with van der Waals surface area (Å²) in [6, 6.07) is 50.4. The quantitative estimate of drug-likeness (QED) is 0.128. The molecular formula is C44H36IrN2OSi-2. The third-order valence-electron chi connectivity index (χ3n) is 8.39. The second-order valence-corrected chi connectivity index (χ2v) is 17.8. The number of aromatic nitrogens is 2. The van der Waals surface area contributed by atoms with Crippen LogP contribution >= 0.6 is 0 Å². The molecule has 0 saturated heterocycles. The van der Waals surface area contributed by atoms with Crippen molar-refractivity contribution in [3.63, 3.8) is 0 Å². The first-order valence-electron chi connectivity index (χ1n) is 17.5. The average Bonchev–Trinajstić information content (AvgIpc) is 3.52. The summed E-state index contributed by atoms with van der Waals surface area (Å²) in [7, 11) is -1.23. The Morgan fingerprint density at radius 1 is 0.612 bits per heavy atom. The van der Waals surface area contributed by atoms with E-state index < -0.39 is 14.9 Å². The maximum absolute atomic E-state index is 7.98. The topological polar surface area (TPSA) is 38.9 Å². The van der Waals surface area contributed by atoms with Crippen molar-refractivity contribution in [2.24, 2.45) is 0 Å². The fourth-order valence-electron chi connectivity index (χ4n) is 5.69. The van der Waals surface area contributed by atoms with E-state index in [1.807, 2.05) is 103 Å². The second-order valence-electron chi connectivity index (χ2n) is 12.7. The third-order valence-corrected chi connectivity index (χ3v) is 10.4. The molecule has 3 nitrogen and oxygen atoms in total. The fourth-order valence-corrected chi connectivity index (χ4v) is 6.72. The van der Waals surface area contributed by atoms with Crippen molar-refractivity contribution in [2.45, 2.75) is 26.5 Å². The van der Waals surface area contributed by atoms with E-state index in [0.29, 0.717) is 11.3 Å². The molecule has 0 fully saturated rings. The Morgan fingerprint density at radius 2 is 1.33 bits per heavy atom. The molecule has 0 N–H and O–H groups in total. The summed E-state index contributed by atoms with van der Waals surface area (Å²) in [5.41, 5.74) is 9.02. The largest absolute Gasteiger partial charge is 0.500 e. The van der Waals surface area contributed by atoms with Gasteiger partial charge in [0.15, 0.2) is 0 Å². The molecule has 0 saturated carbocycles. The summed E-state index contributed by atoms with van der Waals surface area (Å²) in [5, 5.41) is 3.38. The molecule has 0 atom stereocenters. The van der Waals surface area contributed by atoms with Gasteiger partial charge in [0.25, 0.3) is 0 Å². The minimum atomic E-state index is -2.26. The normalized spacial score (nSPS) is 12.3. The Bertz CT molecular complexity index is 2430. The smallest absolute Gasteiger partial charge is 0.121 e. The van der Waals surface area contributed by atoms with Gasteiger partial charge in [-0.2, -0.15) is 0 Å². The Hall–Kier alpha value is -4.93. The minimum Gasteiger partial charge on any atom is -0.500 e. The first kappa shape index (κ1) is 30.1. The third kappa shape index (κ3) is 7.55. The van der Waals surface area contributed by atoms with E-state index in [9.17, 15) is 0 Å². The first-order chi connectivity index (χ1) is 24.5. The molecule has 0 aliphatic rings. The van der Waals surface area contributed by atoms with Crippen LogP contribution in [0.3, 0.4) is 0 Å². The van der Waals surface area contributed by atoms with E-state index in [-0.39, 0.29) is 25.7 Å². The molecule has 8 aromatic rings. The Balaban J connectivity index is 0.000000230. The Morgan fingerprint density at radius 3 is 2.00 bits per heavy atom. The van der Waals surface area contributed by atoms with E-state index in [4.69, 9.17) is 8.53 Å². The van der Waals surface area contributed by atoms with Gasteiger partial charge in [-0.3, -0.25) is 0 Å². The maximum atomic E-state index is 7.98. The van der Waals surface area contributed by atoms with E-state index in [1.165, 1.54) is 11.4 Å². The molecule has 243 valence electrons. The minimum absolute atomic E-state index is 0. The molecule has 3 aromatic heterocycles. The van der Waals surface area contributed by atoms with Gasteiger partial charge in [-0.1, -0.05) is 110 Å². The molecule has 0 aliphatic carbocycles. The predicted molar refractivity (Wildman–Crippen MR) is 203 cm³/mol. The zero-order chi connectivity index (χ0) is 35.6. The number of hydrogen-bond acceptors (Lipinski definition) is 3. The van der Waals surface area contributed by atoms with Crippen LogP contribution in [0.4, 0.5) is 0 Å². The van der Waals surface area contributed by atoms with Crippen molar-refractivity contribution in [1.82, 2.24) is 9.97 Å². The molecule has 3 heterocycles. The van der Waals surface area contributed by atoms with E-state index >= 15 is 0 Å². The van der Waals surface area contributed by atoms with Crippen molar-refractivity contribution < 1.29 is 28.6 Å². The van der Waals surface area contributed by atoms with Crippen LogP contribution in [0.5, 0.6) is 0 Å². The molecule has 8 rings (SSSR count). The SMILES string of the molecule is C[Si](C)(C)c1ccc(-c2[c-]cccc2)nc1.[2H]C([2H])([2H])c1cnc(-c2[c-]cc3oc4ccc(-c5ccccc5)cc4c3c2)cc1-c1ccccc1.[Ir]. The van der Waals surface area contributed by atoms with Gasteiger partial charge in [-0.05, 0) is 63.4 Å². The maximum Gasteiger partial charge on any atom is 0.121 e. The number of pyridine rings is 2. The molecule has 5 heteroatoms. The summed E-state index contributed by atoms with van der Waals surface area (Å²) in [5.74, 6) is 0. The molecule has 0 aliphatic heterocycles. The Labute approximate surface area is 307 Å². The standard InChI is InChI=1S/C30H20NO.C14H16NSi.Ir/c1-20-19-31-28(18-25(20)22-10-6-3-7-11-22)24-13-15-30-27(17-24)26-16-23(12-14-29(26)32-30)21-8-4-2-5-9-21;1-16(2,3)13-9-10-14(15-11-13)12-7-5-4-6-8-12;/h2-12,14-19H,1H3;4-7,9-11H,1-3H3;/q2*-1;/i1D3;;. The molecule has 0 bridgehead atoms. The van der Waals surface area contributed by atoms with Gasteiger partial charge in [0.2, 0.25) is 0 Å². The van der Waals surface area contributed by atoms with Crippen LogP contribution in [0.2, 0.25) is 19.6 Å². The molecule has 0 spiro atoms. The zero-order valence-electron chi connectivity index (χ0n) is 30.5. The fraction of sp³-hybridized carbons (Fsp3) is 0.0909. The van der Waals surface area contributed by atoms with Crippen LogP contribution in [0.15, 0.2) is 150 Å². The van der Waals surface area contributed by atoms with Crippen LogP contribution in [0.25, 0.3) is 66.7 Å².